The molecule has 1 aromatic rings. The number of rotatable bonds is 8. The molecule has 0 bridgehead atoms. The number of nitrogens with zero attached hydrogens (tertiary/aromatic N) is 1. The molecule has 0 spiro atoms. The molecule has 1 aromatic carbocycles. The molecule has 0 aromatic heterocycles. The minimum absolute atomic E-state index is 0.0365. The number of carbonyl (C=O) groups excluding carboxylic acids is 2. The lowest BCUT2D eigenvalue weighted by molar-refractivity contribution is -0.137. The number of benzene rings is 1. The second-order valence-corrected chi connectivity index (χ2v) is 5.88. The number of carbonyl (C=O) groups is 2. The lowest BCUT2D eigenvalue weighted by Gasteiger charge is -2.31. The van der Waals surface area contributed by atoms with Crippen LogP contribution in [0.15, 0.2) is 24.3 Å². The summed E-state index contributed by atoms with van der Waals surface area (Å²) in [4.78, 5) is 26.1. The van der Waals surface area contributed by atoms with Crippen molar-refractivity contribution in [3.05, 3.63) is 24.3 Å². The Hall–Kier alpha value is -2.28. The van der Waals surface area contributed by atoms with E-state index >= 15 is 0 Å². The highest BCUT2D eigenvalue weighted by Gasteiger charge is 2.27. The monoisotopic (exact) mass is 350 g/mol. The molecule has 7 heteroatoms. The third kappa shape index (κ3) is 5.63. The van der Waals surface area contributed by atoms with E-state index in [4.69, 9.17) is 14.2 Å². The Kier molecular flexibility index (Phi) is 7.53. The van der Waals surface area contributed by atoms with Crippen molar-refractivity contribution in [2.45, 2.75) is 12.8 Å². The second-order valence-electron chi connectivity index (χ2n) is 5.88. The van der Waals surface area contributed by atoms with Crippen LogP contribution in [0, 0.1) is 5.92 Å². The molecule has 138 valence electrons. The van der Waals surface area contributed by atoms with Gasteiger partial charge < -0.3 is 24.4 Å². The van der Waals surface area contributed by atoms with Gasteiger partial charge in [-0.05, 0) is 25.0 Å². The van der Waals surface area contributed by atoms with Gasteiger partial charge in [0, 0.05) is 32.7 Å². The molecular weight excluding hydrogens is 324 g/mol. The fourth-order valence-electron chi connectivity index (χ4n) is 2.78. The molecule has 25 heavy (non-hydrogen) atoms. The Bertz CT molecular complexity index is 570. The maximum atomic E-state index is 12.3. The van der Waals surface area contributed by atoms with Gasteiger partial charge in [0.1, 0.15) is 0 Å². The van der Waals surface area contributed by atoms with Gasteiger partial charge in [0.2, 0.25) is 5.91 Å². The van der Waals surface area contributed by atoms with Crippen molar-refractivity contribution in [3.8, 4) is 11.5 Å². The van der Waals surface area contributed by atoms with Crippen LogP contribution in [0.2, 0.25) is 0 Å². The van der Waals surface area contributed by atoms with Gasteiger partial charge in [-0.1, -0.05) is 12.1 Å². The van der Waals surface area contributed by atoms with E-state index in [0.29, 0.717) is 50.6 Å². The van der Waals surface area contributed by atoms with Crippen molar-refractivity contribution in [2.75, 3.05) is 47.1 Å². The van der Waals surface area contributed by atoms with Gasteiger partial charge in [0.25, 0.3) is 5.91 Å². The smallest absolute Gasteiger partial charge is 0.260 e. The van der Waals surface area contributed by atoms with Gasteiger partial charge in [0.15, 0.2) is 18.1 Å². The van der Waals surface area contributed by atoms with Crippen LogP contribution in [0.3, 0.4) is 0 Å². The normalized spacial score (nSPS) is 14.9. The number of piperidine rings is 1. The Balaban J connectivity index is 1.74. The first-order chi connectivity index (χ1) is 12.2. The highest BCUT2D eigenvalue weighted by Crippen LogP contribution is 2.26. The van der Waals surface area contributed by atoms with Gasteiger partial charge >= 0.3 is 0 Å². The van der Waals surface area contributed by atoms with Crippen LogP contribution in [0.1, 0.15) is 12.8 Å². The van der Waals surface area contributed by atoms with E-state index in [9.17, 15) is 9.59 Å². The predicted molar refractivity (Wildman–Crippen MR) is 92.7 cm³/mol. The summed E-state index contributed by atoms with van der Waals surface area (Å²) in [6.45, 7) is 2.11. The lowest BCUT2D eigenvalue weighted by atomic mass is 9.96. The van der Waals surface area contributed by atoms with Crippen LogP contribution in [-0.4, -0.2) is 63.8 Å². The fraction of sp³-hybridized carbons (Fsp3) is 0.556. The van der Waals surface area contributed by atoms with E-state index in [-0.39, 0.29) is 24.3 Å². The summed E-state index contributed by atoms with van der Waals surface area (Å²) >= 11 is 0. The van der Waals surface area contributed by atoms with Crippen molar-refractivity contribution < 1.29 is 23.8 Å². The standard InChI is InChI=1S/C18H26N2O5/c1-23-12-9-19-18(22)14-7-10-20(11-8-14)17(21)13-25-16-6-4-3-5-15(16)24-2/h3-6,14H,7-13H2,1-2H3,(H,19,22). The lowest BCUT2D eigenvalue weighted by Crippen LogP contribution is -2.44. The molecule has 0 unspecified atom stereocenters. The predicted octanol–water partition coefficient (Wildman–Crippen LogP) is 1.08. The molecule has 2 amide bonds. The molecule has 1 fully saturated rings. The third-order valence-electron chi connectivity index (χ3n) is 4.24. The SMILES string of the molecule is COCCNC(=O)C1CCN(C(=O)COc2ccccc2OC)CC1. The van der Waals surface area contributed by atoms with Crippen LogP contribution in [-0.2, 0) is 14.3 Å². The zero-order valence-corrected chi connectivity index (χ0v) is 14.8. The minimum atomic E-state index is -0.0795. The maximum Gasteiger partial charge on any atom is 0.260 e. The number of likely N-dealkylation sites (tertiary alicyclic amines) is 1. The molecule has 0 aliphatic carbocycles. The summed E-state index contributed by atoms with van der Waals surface area (Å²) in [6.07, 6.45) is 1.33. The van der Waals surface area contributed by atoms with E-state index in [1.807, 2.05) is 12.1 Å². The summed E-state index contributed by atoms with van der Waals surface area (Å²) in [6, 6.07) is 7.22. The molecular formula is C18H26N2O5. The van der Waals surface area contributed by atoms with Crippen LogP contribution in [0.25, 0.3) is 0 Å². The molecule has 7 nitrogen and oxygen atoms in total. The van der Waals surface area contributed by atoms with E-state index in [1.54, 1.807) is 31.3 Å². The van der Waals surface area contributed by atoms with Crippen LogP contribution < -0.4 is 14.8 Å². The molecule has 1 aliphatic heterocycles. The Morgan fingerprint density at radius 3 is 2.48 bits per heavy atom. The number of hydrogen-bond acceptors (Lipinski definition) is 5. The van der Waals surface area contributed by atoms with Crippen molar-refractivity contribution in [3.63, 3.8) is 0 Å². The first kappa shape index (κ1) is 19.1. The third-order valence-corrected chi connectivity index (χ3v) is 4.24. The number of amides is 2. The summed E-state index contributed by atoms with van der Waals surface area (Å²) in [5.74, 6) is 1.06. The van der Waals surface area contributed by atoms with E-state index in [1.165, 1.54) is 0 Å². The van der Waals surface area contributed by atoms with Crippen molar-refractivity contribution in [2.24, 2.45) is 5.92 Å². The fourth-order valence-corrected chi connectivity index (χ4v) is 2.78. The van der Waals surface area contributed by atoms with Gasteiger partial charge in [-0.25, -0.2) is 0 Å². The van der Waals surface area contributed by atoms with Crippen LogP contribution in [0.5, 0.6) is 11.5 Å². The first-order valence-corrected chi connectivity index (χ1v) is 8.46. The topological polar surface area (TPSA) is 77.1 Å². The molecule has 0 radical (unpaired) electrons. The summed E-state index contributed by atoms with van der Waals surface area (Å²) in [7, 11) is 3.16. The first-order valence-electron chi connectivity index (χ1n) is 8.46. The van der Waals surface area contributed by atoms with Crippen LogP contribution in [0.4, 0.5) is 0 Å². The van der Waals surface area contributed by atoms with Gasteiger partial charge in [-0.2, -0.15) is 0 Å². The highest BCUT2D eigenvalue weighted by atomic mass is 16.5. The molecule has 1 saturated heterocycles. The summed E-state index contributed by atoms with van der Waals surface area (Å²) in [5.41, 5.74) is 0. The zero-order chi connectivity index (χ0) is 18.1. The largest absolute Gasteiger partial charge is 0.493 e. The number of hydrogen-bond donors (Lipinski definition) is 1. The quantitative estimate of drug-likeness (QED) is 0.710. The zero-order valence-electron chi connectivity index (χ0n) is 14.8. The van der Waals surface area contributed by atoms with Crippen molar-refractivity contribution in [1.82, 2.24) is 10.2 Å². The summed E-state index contributed by atoms with van der Waals surface area (Å²) in [5, 5.41) is 2.85. The Morgan fingerprint density at radius 1 is 1.16 bits per heavy atom. The molecule has 1 N–H and O–H groups in total. The average molecular weight is 350 g/mol. The van der Waals surface area contributed by atoms with Gasteiger partial charge in [0.05, 0.1) is 13.7 Å². The van der Waals surface area contributed by atoms with E-state index in [0.717, 1.165) is 0 Å². The number of nitrogens with one attached hydrogen (secondary N) is 1. The van der Waals surface area contributed by atoms with E-state index in [2.05, 4.69) is 5.32 Å². The van der Waals surface area contributed by atoms with Gasteiger partial charge in [-0.3, -0.25) is 9.59 Å². The summed E-state index contributed by atoms with van der Waals surface area (Å²) < 4.78 is 15.7. The van der Waals surface area contributed by atoms with Crippen molar-refractivity contribution in [1.29, 1.82) is 0 Å². The number of ether oxygens (including phenoxy) is 3. The Morgan fingerprint density at radius 2 is 1.84 bits per heavy atom. The maximum absolute atomic E-state index is 12.3. The second kappa shape index (κ2) is 9.88. The number of methoxy groups -OCH3 is 2. The minimum Gasteiger partial charge on any atom is -0.493 e. The van der Waals surface area contributed by atoms with Gasteiger partial charge in [-0.15, -0.1) is 0 Å². The molecule has 0 atom stereocenters. The van der Waals surface area contributed by atoms with E-state index < -0.39 is 0 Å². The Labute approximate surface area is 148 Å². The molecule has 1 heterocycles. The highest BCUT2D eigenvalue weighted by molar-refractivity contribution is 5.80. The van der Waals surface area contributed by atoms with Crippen LogP contribution >= 0.6 is 0 Å². The van der Waals surface area contributed by atoms with Crippen molar-refractivity contribution >= 4 is 11.8 Å². The number of para-hydroxylation sites is 2. The molecule has 2 rings (SSSR count). The molecule has 1 aliphatic rings. The molecule has 0 saturated carbocycles. The average Bonchev–Trinajstić information content (AvgIpc) is 2.66.